The minimum absolute atomic E-state index is 0.743. The van der Waals surface area contributed by atoms with E-state index in [0.29, 0.717) is 0 Å². The van der Waals surface area contributed by atoms with Crippen LogP contribution in [0.25, 0.3) is 11.1 Å². The maximum Gasteiger partial charge on any atom is 0.0571 e. The van der Waals surface area contributed by atoms with Gasteiger partial charge in [0.15, 0.2) is 0 Å². The number of aromatic nitrogens is 2. The molecule has 1 aliphatic rings. The van der Waals surface area contributed by atoms with Gasteiger partial charge in [0.05, 0.1) is 6.20 Å². The van der Waals surface area contributed by atoms with Crippen LogP contribution in [0.1, 0.15) is 18.5 Å². The number of benzene rings is 1. The Hall–Kier alpha value is -1.32. The Labute approximate surface area is 124 Å². The summed E-state index contributed by atoms with van der Waals surface area (Å²) in [6.45, 7) is 2.26. The van der Waals surface area contributed by atoms with Crippen LogP contribution in [0.5, 0.6) is 0 Å². The molecule has 1 aromatic heterocycles. The number of nitrogens with zero attached hydrogens (tertiary/aromatic N) is 2. The highest BCUT2D eigenvalue weighted by Crippen LogP contribution is 2.32. The zero-order chi connectivity index (χ0) is 13.9. The highest BCUT2D eigenvalue weighted by atomic mass is 35.5. The first-order chi connectivity index (χ1) is 9.75. The van der Waals surface area contributed by atoms with Crippen molar-refractivity contribution in [3.63, 3.8) is 0 Å². The van der Waals surface area contributed by atoms with E-state index < -0.39 is 0 Å². The van der Waals surface area contributed by atoms with Crippen LogP contribution in [0.15, 0.2) is 30.5 Å². The standard InChI is InChI=1S/C16H20ClN3/c1-20-16(10-12-6-8-18-9-7-12)14(11-19-20)13-4-2-3-5-15(13)17/h2-5,11-12,18H,6-10H2,1H3. The van der Waals surface area contributed by atoms with Crippen LogP contribution in [0.3, 0.4) is 0 Å². The predicted molar refractivity (Wildman–Crippen MR) is 83.0 cm³/mol. The fourth-order valence-corrected chi connectivity index (χ4v) is 3.21. The van der Waals surface area contributed by atoms with Crippen molar-refractivity contribution in [3.05, 3.63) is 41.2 Å². The van der Waals surface area contributed by atoms with Crippen LogP contribution in [-0.4, -0.2) is 22.9 Å². The molecular formula is C16H20ClN3. The van der Waals surface area contributed by atoms with Gasteiger partial charge in [-0.25, -0.2) is 0 Å². The van der Waals surface area contributed by atoms with Gasteiger partial charge in [-0.15, -0.1) is 0 Å². The fraction of sp³-hybridized carbons (Fsp3) is 0.438. The summed E-state index contributed by atoms with van der Waals surface area (Å²) in [7, 11) is 2.02. The normalized spacial score (nSPS) is 16.5. The van der Waals surface area contributed by atoms with Gasteiger partial charge in [0.1, 0.15) is 0 Å². The minimum Gasteiger partial charge on any atom is -0.317 e. The zero-order valence-electron chi connectivity index (χ0n) is 11.8. The summed E-state index contributed by atoms with van der Waals surface area (Å²) in [5.74, 6) is 0.743. The van der Waals surface area contributed by atoms with Gasteiger partial charge in [-0.3, -0.25) is 4.68 Å². The van der Waals surface area contributed by atoms with Crippen molar-refractivity contribution >= 4 is 11.6 Å². The van der Waals surface area contributed by atoms with Crippen molar-refractivity contribution in [2.75, 3.05) is 13.1 Å². The second-order valence-electron chi connectivity index (χ2n) is 5.51. The summed E-state index contributed by atoms with van der Waals surface area (Å²) < 4.78 is 2.00. The molecule has 0 unspecified atom stereocenters. The molecule has 4 heteroatoms. The number of hydrogen-bond donors (Lipinski definition) is 1. The smallest absolute Gasteiger partial charge is 0.0571 e. The molecule has 1 aliphatic heterocycles. The monoisotopic (exact) mass is 289 g/mol. The van der Waals surface area contributed by atoms with Gasteiger partial charge in [-0.2, -0.15) is 5.10 Å². The molecule has 0 saturated carbocycles. The molecule has 1 aromatic carbocycles. The topological polar surface area (TPSA) is 29.9 Å². The summed E-state index contributed by atoms with van der Waals surface area (Å²) >= 11 is 6.34. The van der Waals surface area contributed by atoms with Crippen molar-refractivity contribution in [2.45, 2.75) is 19.3 Å². The van der Waals surface area contributed by atoms with E-state index in [1.54, 1.807) is 0 Å². The molecule has 0 bridgehead atoms. The first kappa shape index (κ1) is 13.7. The number of hydrogen-bond acceptors (Lipinski definition) is 2. The lowest BCUT2D eigenvalue weighted by Crippen LogP contribution is -2.29. The molecule has 1 saturated heterocycles. The Morgan fingerprint density at radius 1 is 1.25 bits per heavy atom. The summed E-state index contributed by atoms with van der Waals surface area (Å²) in [6, 6.07) is 8.01. The van der Waals surface area contributed by atoms with Crippen molar-refractivity contribution in [1.82, 2.24) is 15.1 Å². The van der Waals surface area contributed by atoms with Crippen molar-refractivity contribution in [1.29, 1.82) is 0 Å². The van der Waals surface area contributed by atoms with Gasteiger partial charge in [0.25, 0.3) is 0 Å². The van der Waals surface area contributed by atoms with E-state index in [2.05, 4.69) is 16.5 Å². The first-order valence-electron chi connectivity index (χ1n) is 7.22. The van der Waals surface area contributed by atoms with Gasteiger partial charge in [0, 0.05) is 28.9 Å². The van der Waals surface area contributed by atoms with Crippen LogP contribution in [-0.2, 0) is 13.5 Å². The SMILES string of the molecule is Cn1ncc(-c2ccccc2Cl)c1CC1CCNCC1. The van der Waals surface area contributed by atoms with E-state index in [4.69, 9.17) is 11.6 Å². The Balaban J connectivity index is 1.91. The molecule has 106 valence electrons. The molecule has 0 spiro atoms. The van der Waals surface area contributed by atoms with Crippen LogP contribution >= 0.6 is 11.6 Å². The third-order valence-corrected chi connectivity index (χ3v) is 4.50. The van der Waals surface area contributed by atoms with Gasteiger partial charge in [0.2, 0.25) is 0 Å². The quantitative estimate of drug-likeness (QED) is 0.940. The van der Waals surface area contributed by atoms with E-state index in [1.807, 2.05) is 36.1 Å². The van der Waals surface area contributed by atoms with E-state index in [1.165, 1.54) is 24.1 Å². The van der Waals surface area contributed by atoms with E-state index in [-0.39, 0.29) is 0 Å². The van der Waals surface area contributed by atoms with Crippen LogP contribution in [0.2, 0.25) is 5.02 Å². The summed E-state index contributed by atoms with van der Waals surface area (Å²) in [6.07, 6.45) is 5.51. The largest absolute Gasteiger partial charge is 0.317 e. The predicted octanol–water partition coefficient (Wildman–Crippen LogP) is 3.28. The number of halogens is 1. The lowest BCUT2D eigenvalue weighted by atomic mass is 9.91. The Morgan fingerprint density at radius 2 is 2.00 bits per heavy atom. The van der Waals surface area contributed by atoms with E-state index >= 15 is 0 Å². The lowest BCUT2D eigenvalue weighted by Gasteiger charge is -2.23. The van der Waals surface area contributed by atoms with Gasteiger partial charge in [-0.05, 0) is 44.3 Å². The molecule has 1 fully saturated rings. The molecular weight excluding hydrogens is 270 g/mol. The minimum atomic E-state index is 0.743. The van der Waals surface area contributed by atoms with Crippen molar-refractivity contribution in [3.8, 4) is 11.1 Å². The van der Waals surface area contributed by atoms with Gasteiger partial charge >= 0.3 is 0 Å². The summed E-state index contributed by atoms with van der Waals surface area (Å²) in [5, 5.41) is 8.66. The number of rotatable bonds is 3. The first-order valence-corrected chi connectivity index (χ1v) is 7.60. The maximum absolute atomic E-state index is 6.34. The van der Waals surface area contributed by atoms with Crippen LogP contribution in [0.4, 0.5) is 0 Å². The maximum atomic E-state index is 6.34. The third kappa shape index (κ3) is 2.74. The molecule has 2 heterocycles. The van der Waals surface area contributed by atoms with Crippen molar-refractivity contribution < 1.29 is 0 Å². The van der Waals surface area contributed by atoms with Gasteiger partial charge < -0.3 is 5.32 Å². The molecule has 1 N–H and O–H groups in total. The number of nitrogens with one attached hydrogen (secondary N) is 1. The lowest BCUT2D eigenvalue weighted by molar-refractivity contribution is 0.366. The second-order valence-corrected chi connectivity index (χ2v) is 5.91. The molecule has 2 aromatic rings. The molecule has 20 heavy (non-hydrogen) atoms. The summed E-state index contributed by atoms with van der Waals surface area (Å²) in [5.41, 5.74) is 3.56. The second kappa shape index (κ2) is 5.98. The van der Waals surface area contributed by atoms with Crippen LogP contribution in [0, 0.1) is 5.92 Å². The zero-order valence-corrected chi connectivity index (χ0v) is 12.5. The molecule has 0 radical (unpaired) electrons. The third-order valence-electron chi connectivity index (χ3n) is 4.17. The number of piperidine rings is 1. The molecule has 0 atom stereocenters. The molecule has 3 nitrogen and oxygen atoms in total. The van der Waals surface area contributed by atoms with Crippen molar-refractivity contribution in [2.24, 2.45) is 13.0 Å². The highest BCUT2D eigenvalue weighted by Gasteiger charge is 2.19. The Morgan fingerprint density at radius 3 is 2.75 bits per heavy atom. The van der Waals surface area contributed by atoms with Gasteiger partial charge in [-0.1, -0.05) is 29.8 Å². The molecule has 0 aliphatic carbocycles. The Kier molecular flexibility index (Phi) is 4.08. The van der Waals surface area contributed by atoms with Crippen LogP contribution < -0.4 is 5.32 Å². The average Bonchev–Trinajstić information content (AvgIpc) is 2.82. The van der Waals surface area contributed by atoms with E-state index in [9.17, 15) is 0 Å². The Bertz CT molecular complexity index is 585. The average molecular weight is 290 g/mol. The van der Waals surface area contributed by atoms with E-state index in [0.717, 1.165) is 36.0 Å². The fourth-order valence-electron chi connectivity index (χ4n) is 2.97. The summed E-state index contributed by atoms with van der Waals surface area (Å²) in [4.78, 5) is 0. The number of aryl methyl sites for hydroxylation is 1. The highest BCUT2D eigenvalue weighted by molar-refractivity contribution is 6.33. The molecule has 0 amide bonds. The molecule has 3 rings (SSSR count).